The fourth-order valence-electron chi connectivity index (χ4n) is 1.27. The van der Waals surface area contributed by atoms with E-state index in [0.717, 1.165) is 26.2 Å². The molecule has 0 aliphatic rings. The van der Waals surface area contributed by atoms with Crippen LogP contribution in [0.4, 0.5) is 0 Å². The van der Waals surface area contributed by atoms with E-state index in [1.54, 1.807) is 0 Å². The molecule has 1 unspecified atom stereocenters. The normalized spacial score (nSPS) is 13.8. The summed E-state index contributed by atoms with van der Waals surface area (Å²) in [6.45, 7) is 14.6. The zero-order valence-electron chi connectivity index (χ0n) is 11.0. The van der Waals surface area contributed by atoms with Crippen LogP contribution in [-0.4, -0.2) is 38.4 Å². The molecule has 3 heteroatoms. The molecule has 0 amide bonds. The van der Waals surface area contributed by atoms with Crippen molar-refractivity contribution in [2.24, 2.45) is 5.92 Å². The topological polar surface area (TPSA) is 33.3 Å². The summed E-state index contributed by atoms with van der Waals surface area (Å²) in [6.07, 6.45) is 0.327. The van der Waals surface area contributed by atoms with Crippen molar-refractivity contribution in [3.05, 3.63) is 0 Å². The first-order valence-electron chi connectivity index (χ1n) is 6.11. The quantitative estimate of drug-likeness (QED) is 0.615. The van der Waals surface area contributed by atoms with Gasteiger partial charge in [0.05, 0.1) is 12.7 Å². The minimum Gasteiger partial charge on any atom is -0.378 e. The highest BCUT2D eigenvalue weighted by Crippen LogP contribution is 1.99. The largest absolute Gasteiger partial charge is 0.378 e. The highest BCUT2D eigenvalue weighted by atomic mass is 16.5. The van der Waals surface area contributed by atoms with Crippen molar-refractivity contribution in [2.45, 2.75) is 46.8 Å². The number of hydrogen-bond acceptors (Lipinski definition) is 3. The van der Waals surface area contributed by atoms with Crippen LogP contribution < -0.4 is 10.6 Å². The second-order valence-corrected chi connectivity index (χ2v) is 4.62. The Morgan fingerprint density at radius 2 is 1.73 bits per heavy atom. The number of ether oxygens (including phenoxy) is 1. The Morgan fingerprint density at radius 1 is 1.07 bits per heavy atom. The summed E-state index contributed by atoms with van der Waals surface area (Å²) in [4.78, 5) is 0. The fraction of sp³-hybridized carbons (Fsp3) is 1.00. The van der Waals surface area contributed by atoms with Crippen LogP contribution in [0.15, 0.2) is 0 Å². The molecule has 0 heterocycles. The van der Waals surface area contributed by atoms with Crippen LogP contribution in [0.2, 0.25) is 0 Å². The summed E-state index contributed by atoms with van der Waals surface area (Å²) in [6, 6.07) is 0.549. The molecule has 2 N–H and O–H groups in total. The number of hydrogen-bond donors (Lipinski definition) is 2. The molecule has 0 aromatic heterocycles. The Morgan fingerprint density at radius 3 is 2.20 bits per heavy atom. The predicted molar refractivity (Wildman–Crippen MR) is 66.3 cm³/mol. The zero-order valence-corrected chi connectivity index (χ0v) is 11.0. The summed E-state index contributed by atoms with van der Waals surface area (Å²) in [5.74, 6) is 0.565. The number of rotatable bonds is 9. The second kappa shape index (κ2) is 9.13. The molecule has 92 valence electrons. The molecule has 3 nitrogen and oxygen atoms in total. The monoisotopic (exact) mass is 216 g/mol. The van der Waals surface area contributed by atoms with Crippen LogP contribution >= 0.6 is 0 Å². The molecule has 0 saturated carbocycles. The van der Waals surface area contributed by atoms with Crippen molar-refractivity contribution in [2.75, 3.05) is 26.2 Å². The minimum absolute atomic E-state index is 0.327. The Balaban J connectivity index is 3.73. The van der Waals surface area contributed by atoms with Crippen molar-refractivity contribution in [3.8, 4) is 0 Å². The third-order valence-electron chi connectivity index (χ3n) is 2.16. The van der Waals surface area contributed by atoms with Gasteiger partial charge in [-0.3, -0.25) is 0 Å². The molecule has 0 bridgehead atoms. The van der Waals surface area contributed by atoms with Crippen molar-refractivity contribution in [3.63, 3.8) is 0 Å². The molecule has 0 spiro atoms. The Kier molecular flexibility index (Phi) is 9.06. The molecule has 0 aromatic carbocycles. The van der Waals surface area contributed by atoms with Gasteiger partial charge in [-0.1, -0.05) is 20.8 Å². The second-order valence-electron chi connectivity index (χ2n) is 4.62. The van der Waals surface area contributed by atoms with E-state index in [2.05, 4.69) is 45.3 Å². The first kappa shape index (κ1) is 14.9. The summed E-state index contributed by atoms with van der Waals surface area (Å²) in [5, 5.41) is 6.83. The van der Waals surface area contributed by atoms with Gasteiger partial charge >= 0.3 is 0 Å². The van der Waals surface area contributed by atoms with Crippen molar-refractivity contribution in [1.82, 2.24) is 10.6 Å². The van der Waals surface area contributed by atoms with E-state index < -0.39 is 0 Å². The van der Waals surface area contributed by atoms with Crippen LogP contribution in [-0.2, 0) is 4.74 Å². The van der Waals surface area contributed by atoms with Crippen LogP contribution in [0.5, 0.6) is 0 Å². The maximum Gasteiger partial charge on any atom is 0.0522 e. The SMILES string of the molecule is CCNCC(CNC(C)C)COC(C)C. The lowest BCUT2D eigenvalue weighted by Gasteiger charge is -2.20. The van der Waals surface area contributed by atoms with E-state index in [0.29, 0.717) is 18.1 Å². The molecular weight excluding hydrogens is 188 g/mol. The first-order valence-corrected chi connectivity index (χ1v) is 6.11. The standard InChI is InChI=1S/C12H28N2O/c1-6-13-7-12(8-14-10(2)3)9-15-11(4)5/h10-14H,6-9H2,1-5H3. The lowest BCUT2D eigenvalue weighted by molar-refractivity contribution is 0.0507. The van der Waals surface area contributed by atoms with E-state index in [9.17, 15) is 0 Å². The molecule has 0 saturated heterocycles. The van der Waals surface area contributed by atoms with Gasteiger partial charge in [-0.05, 0) is 20.4 Å². The lowest BCUT2D eigenvalue weighted by Crippen LogP contribution is -2.37. The van der Waals surface area contributed by atoms with E-state index in [1.807, 2.05) is 0 Å². The third-order valence-corrected chi connectivity index (χ3v) is 2.16. The molecule has 0 aliphatic carbocycles. The maximum absolute atomic E-state index is 5.65. The van der Waals surface area contributed by atoms with Gasteiger partial charge in [-0.25, -0.2) is 0 Å². The summed E-state index contributed by atoms with van der Waals surface area (Å²) in [5.41, 5.74) is 0. The molecule has 0 aliphatic heterocycles. The summed E-state index contributed by atoms with van der Waals surface area (Å²) in [7, 11) is 0. The van der Waals surface area contributed by atoms with E-state index in [1.165, 1.54) is 0 Å². The Hall–Kier alpha value is -0.120. The molecule has 0 aromatic rings. The smallest absolute Gasteiger partial charge is 0.0522 e. The maximum atomic E-state index is 5.65. The van der Waals surface area contributed by atoms with Crippen LogP contribution in [0.1, 0.15) is 34.6 Å². The summed E-state index contributed by atoms with van der Waals surface area (Å²) >= 11 is 0. The summed E-state index contributed by atoms with van der Waals surface area (Å²) < 4.78 is 5.65. The van der Waals surface area contributed by atoms with Gasteiger partial charge < -0.3 is 15.4 Å². The van der Waals surface area contributed by atoms with Crippen molar-refractivity contribution < 1.29 is 4.74 Å². The molecule has 0 rings (SSSR count). The van der Waals surface area contributed by atoms with Gasteiger partial charge in [-0.2, -0.15) is 0 Å². The average Bonchev–Trinajstić information content (AvgIpc) is 2.16. The van der Waals surface area contributed by atoms with E-state index in [-0.39, 0.29) is 0 Å². The number of nitrogens with one attached hydrogen (secondary N) is 2. The third kappa shape index (κ3) is 10.2. The van der Waals surface area contributed by atoms with Gasteiger partial charge in [0.15, 0.2) is 0 Å². The van der Waals surface area contributed by atoms with Gasteiger partial charge in [0.1, 0.15) is 0 Å². The van der Waals surface area contributed by atoms with Gasteiger partial charge in [0.2, 0.25) is 0 Å². The molecular formula is C12H28N2O. The van der Waals surface area contributed by atoms with Gasteiger partial charge in [0.25, 0.3) is 0 Å². The molecule has 0 fully saturated rings. The van der Waals surface area contributed by atoms with Crippen molar-refractivity contribution in [1.29, 1.82) is 0 Å². The highest BCUT2D eigenvalue weighted by Gasteiger charge is 2.09. The predicted octanol–water partition coefficient (Wildman–Crippen LogP) is 1.64. The van der Waals surface area contributed by atoms with E-state index >= 15 is 0 Å². The van der Waals surface area contributed by atoms with Gasteiger partial charge in [-0.15, -0.1) is 0 Å². The molecule has 15 heavy (non-hydrogen) atoms. The molecule has 0 radical (unpaired) electrons. The first-order chi connectivity index (χ1) is 7.06. The van der Waals surface area contributed by atoms with Crippen molar-refractivity contribution >= 4 is 0 Å². The molecule has 1 atom stereocenters. The Bertz CT molecular complexity index is 126. The Labute approximate surface area is 95.0 Å². The van der Waals surface area contributed by atoms with Crippen LogP contribution in [0, 0.1) is 5.92 Å². The van der Waals surface area contributed by atoms with Gasteiger partial charge in [0, 0.05) is 25.0 Å². The average molecular weight is 216 g/mol. The van der Waals surface area contributed by atoms with E-state index in [4.69, 9.17) is 4.74 Å². The fourth-order valence-corrected chi connectivity index (χ4v) is 1.27. The highest BCUT2D eigenvalue weighted by molar-refractivity contribution is 4.66. The zero-order chi connectivity index (χ0) is 11.7. The lowest BCUT2D eigenvalue weighted by atomic mass is 10.1. The van der Waals surface area contributed by atoms with Crippen LogP contribution in [0.25, 0.3) is 0 Å². The van der Waals surface area contributed by atoms with Crippen LogP contribution in [0.3, 0.4) is 0 Å². The minimum atomic E-state index is 0.327.